The van der Waals surface area contributed by atoms with Crippen molar-refractivity contribution in [2.24, 2.45) is 0 Å². The molecule has 0 saturated heterocycles. The molecular formula is C20H19NO6. The topological polar surface area (TPSA) is 98.0 Å². The van der Waals surface area contributed by atoms with E-state index < -0.39 is 24.1 Å². The lowest BCUT2D eigenvalue weighted by molar-refractivity contribution is -0.145. The first-order chi connectivity index (χ1) is 12.9. The van der Waals surface area contributed by atoms with E-state index >= 15 is 0 Å². The maximum Gasteiger partial charge on any atom is 0.341 e. The number of rotatable bonds is 5. The second kappa shape index (κ2) is 7.61. The molecule has 3 rings (SSSR count). The third kappa shape index (κ3) is 3.69. The predicted molar refractivity (Wildman–Crippen MR) is 97.9 cm³/mol. The number of esters is 2. The fourth-order valence-electron chi connectivity index (χ4n) is 2.58. The van der Waals surface area contributed by atoms with Crippen molar-refractivity contribution in [3.63, 3.8) is 0 Å². The van der Waals surface area contributed by atoms with E-state index in [1.807, 2.05) is 18.2 Å². The Morgan fingerprint density at radius 1 is 0.852 bits per heavy atom. The summed E-state index contributed by atoms with van der Waals surface area (Å²) >= 11 is 0. The van der Waals surface area contributed by atoms with Crippen molar-refractivity contribution in [3.8, 4) is 17.3 Å². The number of fused-ring (bicyclic) bond motifs is 1. The van der Waals surface area contributed by atoms with E-state index in [0.29, 0.717) is 16.6 Å². The van der Waals surface area contributed by atoms with E-state index in [1.165, 1.54) is 13.8 Å². The molecule has 2 aromatic carbocycles. The number of aliphatic hydroxyl groups excluding tert-OH is 2. The van der Waals surface area contributed by atoms with Gasteiger partial charge in [0.1, 0.15) is 12.2 Å². The molecule has 0 amide bonds. The first kappa shape index (κ1) is 18.6. The molecule has 0 saturated carbocycles. The summed E-state index contributed by atoms with van der Waals surface area (Å²) in [5.41, 5.74) is 1.30. The molecule has 7 nitrogen and oxygen atoms in total. The van der Waals surface area contributed by atoms with Gasteiger partial charge in [0.25, 0.3) is 5.88 Å². The number of nitrogens with zero attached hydrogens (tertiary/aromatic N) is 1. The van der Waals surface area contributed by atoms with Crippen LogP contribution in [-0.2, 0) is 9.59 Å². The number of para-hydroxylation sites is 2. The number of aromatic nitrogens is 1. The molecule has 0 fully saturated rings. The minimum atomic E-state index is -1.37. The molecule has 27 heavy (non-hydrogen) atoms. The fraction of sp³-hybridized carbons (Fsp3) is 0.200. The molecule has 0 spiro atoms. The Kier molecular flexibility index (Phi) is 5.25. The molecule has 0 bridgehead atoms. The van der Waals surface area contributed by atoms with Gasteiger partial charge >= 0.3 is 11.9 Å². The van der Waals surface area contributed by atoms with E-state index in [-0.39, 0.29) is 11.6 Å². The average molecular weight is 369 g/mol. The second-order valence-corrected chi connectivity index (χ2v) is 6.02. The van der Waals surface area contributed by atoms with Crippen LogP contribution >= 0.6 is 0 Å². The minimum absolute atomic E-state index is 0.00523. The molecule has 0 aliphatic rings. The number of ether oxygens (including phenoxy) is 2. The van der Waals surface area contributed by atoms with Gasteiger partial charge in [0.15, 0.2) is 0 Å². The number of hydrogen-bond donors (Lipinski definition) is 2. The first-order valence-electron chi connectivity index (χ1n) is 8.38. The Hall–Kier alpha value is -3.16. The molecule has 1 aromatic heterocycles. The molecule has 2 atom stereocenters. The van der Waals surface area contributed by atoms with E-state index in [4.69, 9.17) is 9.47 Å². The third-order valence-corrected chi connectivity index (χ3v) is 3.88. The van der Waals surface area contributed by atoms with Crippen LogP contribution in [0.3, 0.4) is 0 Å². The number of hydrogen-bond acceptors (Lipinski definition) is 6. The summed E-state index contributed by atoms with van der Waals surface area (Å²) in [4.78, 5) is 24.1. The van der Waals surface area contributed by atoms with Gasteiger partial charge in [-0.15, -0.1) is 0 Å². The molecule has 2 unspecified atom stereocenters. The summed E-state index contributed by atoms with van der Waals surface area (Å²) in [5.74, 6) is -1.85. The van der Waals surface area contributed by atoms with Crippen LogP contribution in [0.5, 0.6) is 11.6 Å². The van der Waals surface area contributed by atoms with Gasteiger partial charge in [-0.2, -0.15) is 0 Å². The summed E-state index contributed by atoms with van der Waals surface area (Å²) in [6.45, 7) is 2.56. The Bertz CT molecular complexity index is 975. The summed E-state index contributed by atoms with van der Waals surface area (Å²) in [6, 6.07) is 16.1. The smallest absolute Gasteiger partial charge is 0.341 e. The Morgan fingerprint density at radius 3 is 2.04 bits per heavy atom. The Morgan fingerprint density at radius 2 is 1.41 bits per heavy atom. The van der Waals surface area contributed by atoms with E-state index in [1.54, 1.807) is 41.0 Å². The van der Waals surface area contributed by atoms with Gasteiger partial charge in [-0.05, 0) is 38.1 Å². The highest BCUT2D eigenvalue weighted by molar-refractivity contribution is 5.95. The maximum atomic E-state index is 12.1. The minimum Gasteiger partial charge on any atom is -0.418 e. The Labute approximate surface area is 155 Å². The summed E-state index contributed by atoms with van der Waals surface area (Å²) < 4.78 is 12.3. The zero-order valence-corrected chi connectivity index (χ0v) is 14.8. The number of aliphatic hydroxyl groups is 2. The van der Waals surface area contributed by atoms with Crippen molar-refractivity contribution in [3.05, 3.63) is 54.6 Å². The van der Waals surface area contributed by atoms with Gasteiger partial charge in [0.2, 0.25) is 5.75 Å². The molecule has 7 heteroatoms. The van der Waals surface area contributed by atoms with Crippen molar-refractivity contribution in [2.45, 2.75) is 26.1 Å². The van der Waals surface area contributed by atoms with Crippen LogP contribution in [0.15, 0.2) is 54.6 Å². The summed E-state index contributed by atoms with van der Waals surface area (Å²) in [6.07, 6.45) is -2.73. The van der Waals surface area contributed by atoms with Crippen molar-refractivity contribution < 1.29 is 29.3 Å². The van der Waals surface area contributed by atoms with Gasteiger partial charge in [-0.25, -0.2) is 9.59 Å². The Balaban J connectivity index is 2.27. The largest absolute Gasteiger partial charge is 0.418 e. The van der Waals surface area contributed by atoms with Crippen molar-refractivity contribution in [1.82, 2.24) is 4.57 Å². The quantitative estimate of drug-likeness (QED) is 0.669. The lowest BCUT2D eigenvalue weighted by Gasteiger charge is -2.13. The van der Waals surface area contributed by atoms with Crippen LogP contribution in [0.25, 0.3) is 16.6 Å². The van der Waals surface area contributed by atoms with Gasteiger partial charge in [-0.3, -0.25) is 4.57 Å². The van der Waals surface area contributed by atoms with Gasteiger partial charge in [-0.1, -0.05) is 30.3 Å². The normalized spacial score (nSPS) is 13.2. The maximum absolute atomic E-state index is 12.1. The molecule has 2 N–H and O–H groups in total. The molecule has 0 aliphatic carbocycles. The van der Waals surface area contributed by atoms with Crippen LogP contribution in [0, 0.1) is 0 Å². The van der Waals surface area contributed by atoms with Crippen molar-refractivity contribution in [2.75, 3.05) is 0 Å². The third-order valence-electron chi connectivity index (χ3n) is 3.88. The zero-order valence-electron chi connectivity index (χ0n) is 14.8. The molecule has 140 valence electrons. The van der Waals surface area contributed by atoms with E-state index in [2.05, 4.69) is 0 Å². The molecule has 0 aliphatic heterocycles. The number of benzene rings is 2. The highest BCUT2D eigenvalue weighted by Crippen LogP contribution is 2.41. The van der Waals surface area contributed by atoms with Crippen LogP contribution in [-0.4, -0.2) is 38.9 Å². The van der Waals surface area contributed by atoms with Crippen LogP contribution < -0.4 is 9.47 Å². The zero-order chi connectivity index (χ0) is 19.6. The fourth-order valence-corrected chi connectivity index (χ4v) is 2.58. The van der Waals surface area contributed by atoms with Crippen molar-refractivity contribution >= 4 is 22.8 Å². The van der Waals surface area contributed by atoms with Crippen LogP contribution in [0.1, 0.15) is 13.8 Å². The van der Waals surface area contributed by atoms with Crippen LogP contribution in [0.2, 0.25) is 0 Å². The predicted octanol–water partition coefficient (Wildman–Crippen LogP) is 2.20. The second-order valence-electron chi connectivity index (χ2n) is 6.02. The van der Waals surface area contributed by atoms with Gasteiger partial charge in [0, 0.05) is 11.1 Å². The van der Waals surface area contributed by atoms with Crippen LogP contribution in [0.4, 0.5) is 0 Å². The molecule has 0 radical (unpaired) electrons. The highest BCUT2D eigenvalue weighted by Gasteiger charge is 2.27. The molecule has 3 aromatic rings. The number of carbonyl (C=O) groups is 2. The summed E-state index contributed by atoms with van der Waals surface area (Å²) in [7, 11) is 0. The number of carbonyl (C=O) groups excluding carboxylic acids is 2. The molecular weight excluding hydrogens is 350 g/mol. The lowest BCUT2D eigenvalue weighted by atomic mass is 10.2. The lowest BCUT2D eigenvalue weighted by Crippen LogP contribution is -2.25. The molecule has 1 heterocycles. The average Bonchev–Trinajstić information content (AvgIpc) is 2.95. The van der Waals surface area contributed by atoms with E-state index in [9.17, 15) is 19.8 Å². The van der Waals surface area contributed by atoms with Gasteiger partial charge in [0.05, 0.1) is 5.52 Å². The highest BCUT2D eigenvalue weighted by atomic mass is 16.6. The van der Waals surface area contributed by atoms with Crippen molar-refractivity contribution in [1.29, 1.82) is 0 Å². The first-order valence-corrected chi connectivity index (χ1v) is 8.38. The summed E-state index contributed by atoms with van der Waals surface area (Å²) in [5, 5.41) is 19.6. The monoisotopic (exact) mass is 369 g/mol. The van der Waals surface area contributed by atoms with E-state index in [0.717, 1.165) is 0 Å². The van der Waals surface area contributed by atoms with Gasteiger partial charge < -0.3 is 19.7 Å². The standard InChI is InChI=1S/C20H19NO6/c1-12(22)19(24)26-17-15-10-6-7-11-16(15)21(14-8-4-3-5-9-14)18(17)27-20(25)13(2)23/h3-13,22-23H,1-2H3. The SMILES string of the molecule is CC(O)C(=O)Oc1c(OC(=O)C(C)O)n(-c2ccccc2)c2ccccc12.